The van der Waals surface area contributed by atoms with E-state index in [0.29, 0.717) is 6.54 Å². The van der Waals surface area contributed by atoms with Crippen molar-refractivity contribution in [2.45, 2.75) is 13.5 Å². The highest BCUT2D eigenvalue weighted by molar-refractivity contribution is 7.85. The molecule has 0 aromatic carbocycles. The van der Waals surface area contributed by atoms with Gasteiger partial charge in [-0.25, -0.2) is 0 Å². The summed E-state index contributed by atoms with van der Waals surface area (Å²) < 4.78 is 27.3. The summed E-state index contributed by atoms with van der Waals surface area (Å²) in [4.78, 5) is 0. The number of aryl methyl sites for hydroxylation is 1. The van der Waals surface area contributed by atoms with E-state index in [1.807, 2.05) is 13.1 Å². The molecule has 0 unspecified atom stereocenters. The molecule has 0 aliphatic heterocycles. The summed E-state index contributed by atoms with van der Waals surface area (Å²) >= 11 is 0. The van der Waals surface area contributed by atoms with Crippen LogP contribution in [-0.4, -0.2) is 31.1 Å². The topological polar surface area (TPSA) is 61.2 Å². The van der Waals surface area contributed by atoms with E-state index in [1.54, 1.807) is 10.9 Å². The lowest BCUT2D eigenvalue weighted by Gasteiger charge is -2.00. The Morgan fingerprint density at radius 2 is 2.31 bits per heavy atom. The van der Waals surface area contributed by atoms with Crippen molar-refractivity contribution in [3.05, 3.63) is 18.0 Å². The molecule has 0 bridgehead atoms. The molecule has 1 heterocycles. The summed E-state index contributed by atoms with van der Waals surface area (Å²) in [5, 5.41) is 3.98. The van der Waals surface area contributed by atoms with Gasteiger partial charge in [-0.1, -0.05) is 0 Å². The van der Waals surface area contributed by atoms with Gasteiger partial charge < -0.3 is 0 Å². The molecule has 0 atom stereocenters. The fraction of sp³-hybridized carbons (Fsp3) is 0.571. The van der Waals surface area contributed by atoms with E-state index in [1.165, 1.54) is 0 Å². The molecule has 0 amide bonds. The second-order valence-corrected chi connectivity index (χ2v) is 4.45. The van der Waals surface area contributed by atoms with E-state index in [2.05, 4.69) is 9.28 Å². The van der Waals surface area contributed by atoms with E-state index in [0.717, 1.165) is 11.8 Å². The van der Waals surface area contributed by atoms with Crippen molar-refractivity contribution < 1.29 is 12.6 Å². The minimum atomic E-state index is -3.33. The fourth-order valence-corrected chi connectivity index (χ4v) is 1.25. The second kappa shape index (κ2) is 3.89. The maximum atomic E-state index is 10.6. The molecule has 1 rings (SSSR count). The maximum absolute atomic E-state index is 10.6. The van der Waals surface area contributed by atoms with Crippen molar-refractivity contribution >= 4 is 10.1 Å². The molecule has 1 aromatic rings. The van der Waals surface area contributed by atoms with Crippen LogP contribution < -0.4 is 0 Å². The molecule has 0 aliphatic rings. The predicted octanol–water partition coefficient (Wildman–Crippen LogP) is 0.168. The summed E-state index contributed by atoms with van der Waals surface area (Å²) in [6.45, 7) is 2.49. The first kappa shape index (κ1) is 10.2. The Kier molecular flexibility index (Phi) is 3.05. The molecule has 0 aliphatic carbocycles. The number of nitrogens with zero attached hydrogens (tertiary/aromatic N) is 2. The van der Waals surface area contributed by atoms with Gasteiger partial charge >= 0.3 is 0 Å². The van der Waals surface area contributed by atoms with E-state index >= 15 is 0 Å². The van der Waals surface area contributed by atoms with Crippen LogP contribution in [0.3, 0.4) is 0 Å². The van der Waals surface area contributed by atoms with E-state index in [9.17, 15) is 8.42 Å². The lowest BCUT2D eigenvalue weighted by Crippen LogP contribution is -2.10. The molecule has 0 N–H and O–H groups in total. The number of rotatable bonds is 4. The Hall–Kier alpha value is -0.880. The normalized spacial score (nSPS) is 11.8. The Morgan fingerprint density at radius 3 is 2.77 bits per heavy atom. The first-order valence-corrected chi connectivity index (χ1v) is 5.62. The third-order valence-electron chi connectivity index (χ3n) is 1.38. The number of hydrogen-bond acceptors (Lipinski definition) is 4. The minimum absolute atomic E-state index is 0.125. The van der Waals surface area contributed by atoms with Gasteiger partial charge in [-0.15, -0.1) is 0 Å². The van der Waals surface area contributed by atoms with Crippen LogP contribution in [0.1, 0.15) is 5.56 Å². The van der Waals surface area contributed by atoms with Crippen molar-refractivity contribution in [2.75, 3.05) is 12.9 Å². The first-order chi connectivity index (χ1) is 5.97. The largest absolute Gasteiger partial charge is 0.270 e. The van der Waals surface area contributed by atoms with Crippen molar-refractivity contribution in [3.8, 4) is 0 Å². The van der Waals surface area contributed by atoms with Gasteiger partial charge in [0.25, 0.3) is 10.1 Å². The molecular formula is C7H12N2O3S. The third-order valence-corrected chi connectivity index (χ3v) is 1.97. The molecule has 1 aromatic heterocycles. The zero-order valence-electron chi connectivity index (χ0n) is 7.60. The maximum Gasteiger partial charge on any atom is 0.264 e. The second-order valence-electron chi connectivity index (χ2n) is 2.81. The van der Waals surface area contributed by atoms with Gasteiger partial charge in [0.2, 0.25) is 0 Å². The lowest BCUT2D eigenvalue weighted by atomic mass is 10.4. The van der Waals surface area contributed by atoms with E-state index in [4.69, 9.17) is 0 Å². The highest BCUT2D eigenvalue weighted by Gasteiger charge is 2.01. The molecule has 0 spiro atoms. The molecule has 13 heavy (non-hydrogen) atoms. The third kappa shape index (κ3) is 4.05. The van der Waals surface area contributed by atoms with Crippen LogP contribution in [0.5, 0.6) is 0 Å². The van der Waals surface area contributed by atoms with Crippen LogP contribution in [0.4, 0.5) is 0 Å². The quantitative estimate of drug-likeness (QED) is 0.656. The highest BCUT2D eigenvalue weighted by Crippen LogP contribution is 1.95. The zero-order valence-corrected chi connectivity index (χ0v) is 8.41. The number of aromatic nitrogens is 2. The Balaban J connectivity index is 2.36. The molecular weight excluding hydrogens is 192 g/mol. The number of hydrogen-bond donors (Lipinski definition) is 0. The Labute approximate surface area is 77.4 Å². The molecule has 0 saturated heterocycles. The van der Waals surface area contributed by atoms with Gasteiger partial charge in [0.15, 0.2) is 0 Å². The average molecular weight is 204 g/mol. The van der Waals surface area contributed by atoms with E-state index in [-0.39, 0.29) is 6.61 Å². The minimum Gasteiger partial charge on any atom is -0.270 e. The summed E-state index contributed by atoms with van der Waals surface area (Å²) in [5.41, 5.74) is 1.04. The van der Waals surface area contributed by atoms with Gasteiger partial charge in [0.05, 0.1) is 25.6 Å². The van der Waals surface area contributed by atoms with Crippen LogP contribution in [0, 0.1) is 6.92 Å². The molecule has 0 saturated carbocycles. The fourth-order valence-electron chi connectivity index (χ4n) is 0.871. The zero-order chi connectivity index (χ0) is 9.90. The predicted molar refractivity (Wildman–Crippen MR) is 47.8 cm³/mol. The lowest BCUT2D eigenvalue weighted by molar-refractivity contribution is 0.297. The van der Waals surface area contributed by atoms with Gasteiger partial charge in [0, 0.05) is 6.20 Å². The Bertz CT molecular complexity index is 369. The highest BCUT2D eigenvalue weighted by atomic mass is 32.2. The van der Waals surface area contributed by atoms with Crippen molar-refractivity contribution in [3.63, 3.8) is 0 Å². The monoisotopic (exact) mass is 204 g/mol. The smallest absolute Gasteiger partial charge is 0.264 e. The van der Waals surface area contributed by atoms with Gasteiger partial charge in [-0.05, 0) is 12.5 Å². The van der Waals surface area contributed by atoms with Crippen molar-refractivity contribution in [1.82, 2.24) is 9.78 Å². The molecule has 74 valence electrons. The summed E-state index contributed by atoms with van der Waals surface area (Å²) in [6.07, 6.45) is 4.56. The van der Waals surface area contributed by atoms with Crippen LogP contribution in [0.25, 0.3) is 0 Å². The summed E-state index contributed by atoms with van der Waals surface area (Å²) in [7, 11) is -3.33. The van der Waals surface area contributed by atoms with Crippen molar-refractivity contribution in [2.24, 2.45) is 0 Å². The molecule has 0 radical (unpaired) electrons. The van der Waals surface area contributed by atoms with Crippen LogP contribution in [-0.2, 0) is 20.8 Å². The average Bonchev–Trinajstić information content (AvgIpc) is 2.33. The Morgan fingerprint density at radius 1 is 1.62 bits per heavy atom. The molecule has 5 nitrogen and oxygen atoms in total. The van der Waals surface area contributed by atoms with Crippen LogP contribution >= 0.6 is 0 Å². The summed E-state index contributed by atoms with van der Waals surface area (Å²) in [6, 6.07) is 0. The molecule has 6 heteroatoms. The first-order valence-electron chi connectivity index (χ1n) is 3.81. The van der Waals surface area contributed by atoms with E-state index < -0.39 is 10.1 Å². The summed E-state index contributed by atoms with van der Waals surface area (Å²) in [5.74, 6) is 0. The van der Waals surface area contributed by atoms with Crippen LogP contribution in [0.15, 0.2) is 12.4 Å². The molecule has 0 fully saturated rings. The van der Waals surface area contributed by atoms with Gasteiger partial charge in [-0.3, -0.25) is 8.86 Å². The van der Waals surface area contributed by atoms with Crippen LogP contribution in [0.2, 0.25) is 0 Å². The SMILES string of the molecule is Cc1cnn(CCOS(C)(=O)=O)c1. The van der Waals surface area contributed by atoms with Crippen molar-refractivity contribution in [1.29, 1.82) is 0 Å². The standard InChI is InChI=1S/C7H12N2O3S/c1-7-5-8-9(6-7)3-4-12-13(2,10)11/h5-6H,3-4H2,1-2H3. The van der Waals surface area contributed by atoms with Gasteiger partial charge in [-0.2, -0.15) is 13.5 Å². The van der Waals surface area contributed by atoms with Gasteiger partial charge in [0.1, 0.15) is 0 Å².